The molecule has 9 heteroatoms. The Kier molecular flexibility index (Phi) is 8.33. The lowest BCUT2D eigenvalue weighted by Crippen LogP contribution is -2.40. The average Bonchev–Trinajstić information content (AvgIpc) is 2.92. The van der Waals surface area contributed by atoms with Crippen LogP contribution in [0.1, 0.15) is 15.9 Å². The van der Waals surface area contributed by atoms with Crippen molar-refractivity contribution < 1.29 is 14.6 Å². The van der Waals surface area contributed by atoms with Gasteiger partial charge in [-0.15, -0.1) is 0 Å². The summed E-state index contributed by atoms with van der Waals surface area (Å²) >= 11 is 0. The Hall–Kier alpha value is -4.42. The monoisotopic (exact) mass is 513 g/mol. The zero-order valence-electron chi connectivity index (χ0n) is 19.8. The van der Waals surface area contributed by atoms with Gasteiger partial charge >= 0.3 is 0 Å². The molecule has 4 aromatic carbocycles. The van der Waals surface area contributed by atoms with Crippen LogP contribution in [0.25, 0.3) is 0 Å². The molecule has 37 heavy (non-hydrogen) atoms. The SMILES string of the molecule is O=C(N[C@@H](Cc1ccccc1)CP(c1ccccc1)c1ccccc1)c1cc([N+](=O)[O-])cc([N+](=O)[O-])c1. The maximum absolute atomic E-state index is 13.3. The van der Waals surface area contributed by atoms with Gasteiger partial charge in [0.25, 0.3) is 17.3 Å². The van der Waals surface area contributed by atoms with Gasteiger partial charge in [-0.05, 0) is 36.7 Å². The lowest BCUT2D eigenvalue weighted by Gasteiger charge is -2.26. The van der Waals surface area contributed by atoms with Gasteiger partial charge in [0.2, 0.25) is 0 Å². The standard InChI is InChI=1S/C28H24N3O5P/c32-28(22-17-24(30(33)34)19-25(18-22)31(35)36)29-23(16-21-10-4-1-5-11-21)20-37(26-12-6-2-7-13-26)27-14-8-3-9-15-27/h1-15,17-19,23H,16,20H2,(H,29,32)/t23-/m0/s1. The largest absolute Gasteiger partial charge is 0.349 e. The second-order valence-corrected chi connectivity index (χ2v) is 10.6. The predicted octanol–water partition coefficient (Wildman–Crippen LogP) is 4.98. The molecule has 1 N–H and O–H groups in total. The minimum atomic E-state index is -0.850. The number of carbonyl (C=O) groups excluding carboxylic acids is 1. The number of non-ortho nitro benzene ring substituents is 2. The molecule has 1 amide bonds. The van der Waals surface area contributed by atoms with E-state index < -0.39 is 35.1 Å². The summed E-state index contributed by atoms with van der Waals surface area (Å²) in [6.07, 6.45) is 1.14. The van der Waals surface area contributed by atoms with Gasteiger partial charge in [0.05, 0.1) is 21.5 Å². The van der Waals surface area contributed by atoms with E-state index in [0.717, 1.165) is 34.4 Å². The van der Waals surface area contributed by atoms with Crippen LogP contribution >= 0.6 is 7.92 Å². The highest BCUT2D eigenvalue weighted by Crippen LogP contribution is 2.35. The number of benzene rings is 4. The molecule has 0 aliphatic rings. The minimum Gasteiger partial charge on any atom is -0.349 e. The van der Waals surface area contributed by atoms with Gasteiger partial charge in [-0.3, -0.25) is 25.0 Å². The summed E-state index contributed by atoms with van der Waals surface area (Å²) in [5.74, 6) is -0.594. The molecule has 0 heterocycles. The summed E-state index contributed by atoms with van der Waals surface area (Å²) in [6.45, 7) is 0. The van der Waals surface area contributed by atoms with Gasteiger partial charge in [-0.1, -0.05) is 91.0 Å². The number of hydrogen-bond donors (Lipinski definition) is 1. The van der Waals surface area contributed by atoms with Crippen LogP contribution in [-0.2, 0) is 6.42 Å². The number of amides is 1. The third-order valence-electron chi connectivity index (χ3n) is 5.79. The number of hydrogen-bond acceptors (Lipinski definition) is 5. The van der Waals surface area contributed by atoms with E-state index >= 15 is 0 Å². The summed E-state index contributed by atoms with van der Waals surface area (Å²) in [4.78, 5) is 34.5. The van der Waals surface area contributed by atoms with E-state index in [9.17, 15) is 25.0 Å². The fourth-order valence-corrected chi connectivity index (χ4v) is 6.51. The van der Waals surface area contributed by atoms with Crippen molar-refractivity contribution in [2.75, 3.05) is 6.16 Å². The maximum atomic E-state index is 13.3. The van der Waals surface area contributed by atoms with E-state index in [2.05, 4.69) is 29.6 Å². The molecule has 0 unspecified atom stereocenters. The quantitative estimate of drug-likeness (QED) is 0.183. The Morgan fingerprint density at radius 2 is 1.19 bits per heavy atom. The number of carbonyl (C=O) groups is 1. The van der Waals surface area contributed by atoms with Gasteiger partial charge < -0.3 is 5.32 Å². The summed E-state index contributed by atoms with van der Waals surface area (Å²) in [5, 5.41) is 28.0. The first kappa shape index (κ1) is 25.7. The third kappa shape index (κ3) is 6.84. The number of rotatable bonds is 10. The first-order valence-corrected chi connectivity index (χ1v) is 13.1. The lowest BCUT2D eigenvalue weighted by molar-refractivity contribution is -0.394. The Balaban J connectivity index is 1.68. The van der Waals surface area contributed by atoms with E-state index in [4.69, 9.17) is 0 Å². The third-order valence-corrected chi connectivity index (χ3v) is 8.43. The molecule has 186 valence electrons. The van der Waals surface area contributed by atoms with Gasteiger partial charge in [0, 0.05) is 18.2 Å². The maximum Gasteiger partial charge on any atom is 0.277 e. The van der Waals surface area contributed by atoms with Crippen LogP contribution in [-0.4, -0.2) is 28.0 Å². The summed E-state index contributed by atoms with van der Waals surface area (Å²) < 4.78 is 0. The van der Waals surface area contributed by atoms with Crippen molar-refractivity contribution in [2.45, 2.75) is 12.5 Å². The Morgan fingerprint density at radius 1 is 0.730 bits per heavy atom. The molecule has 1 atom stereocenters. The average molecular weight is 513 g/mol. The van der Waals surface area contributed by atoms with Crippen molar-refractivity contribution in [3.05, 3.63) is 141 Å². The van der Waals surface area contributed by atoms with Crippen LogP contribution in [0.3, 0.4) is 0 Å². The molecular weight excluding hydrogens is 489 g/mol. The zero-order valence-corrected chi connectivity index (χ0v) is 20.7. The van der Waals surface area contributed by atoms with Gasteiger partial charge in [0.15, 0.2) is 0 Å². The number of nitro groups is 2. The first-order valence-electron chi connectivity index (χ1n) is 11.6. The second-order valence-electron chi connectivity index (χ2n) is 8.39. The van der Waals surface area contributed by atoms with Crippen LogP contribution in [0.2, 0.25) is 0 Å². The summed E-state index contributed by atoms with van der Waals surface area (Å²) in [6, 6.07) is 32.5. The number of nitrogens with one attached hydrogen (secondary N) is 1. The van der Waals surface area contributed by atoms with Gasteiger partial charge in [0.1, 0.15) is 0 Å². The fraction of sp³-hybridized carbons (Fsp3) is 0.107. The van der Waals surface area contributed by atoms with E-state index in [1.165, 1.54) is 0 Å². The minimum absolute atomic E-state index is 0.122. The molecule has 0 spiro atoms. The van der Waals surface area contributed by atoms with Crippen LogP contribution in [0.15, 0.2) is 109 Å². The molecule has 0 radical (unpaired) electrons. The first-order chi connectivity index (χ1) is 17.9. The molecular formula is C28H24N3O5P. The summed E-state index contributed by atoms with van der Waals surface area (Å²) in [7, 11) is -0.850. The van der Waals surface area contributed by atoms with Crippen molar-refractivity contribution in [1.82, 2.24) is 5.32 Å². The summed E-state index contributed by atoms with van der Waals surface area (Å²) in [5.41, 5.74) is -0.110. The highest BCUT2D eigenvalue weighted by molar-refractivity contribution is 7.73. The van der Waals surface area contributed by atoms with Gasteiger partial charge in [-0.2, -0.15) is 0 Å². The number of nitrogens with zero attached hydrogens (tertiary/aromatic N) is 2. The molecule has 0 bridgehead atoms. The Morgan fingerprint density at radius 3 is 1.65 bits per heavy atom. The van der Waals surface area contributed by atoms with Gasteiger partial charge in [-0.25, -0.2) is 0 Å². The lowest BCUT2D eigenvalue weighted by atomic mass is 10.1. The van der Waals surface area contributed by atoms with E-state index in [1.807, 2.05) is 66.7 Å². The van der Waals surface area contributed by atoms with E-state index in [-0.39, 0.29) is 11.6 Å². The van der Waals surface area contributed by atoms with Crippen molar-refractivity contribution in [2.24, 2.45) is 0 Å². The van der Waals surface area contributed by atoms with Crippen molar-refractivity contribution >= 4 is 35.8 Å². The number of nitro benzene ring substituents is 2. The second kappa shape index (κ2) is 12.0. The van der Waals surface area contributed by atoms with E-state index in [0.29, 0.717) is 12.6 Å². The molecule has 8 nitrogen and oxygen atoms in total. The van der Waals surface area contributed by atoms with Crippen molar-refractivity contribution in [3.63, 3.8) is 0 Å². The van der Waals surface area contributed by atoms with Crippen molar-refractivity contribution in [3.8, 4) is 0 Å². The molecule has 0 saturated carbocycles. The van der Waals surface area contributed by atoms with Crippen LogP contribution in [0, 0.1) is 20.2 Å². The highest BCUT2D eigenvalue weighted by atomic mass is 31.1. The van der Waals surface area contributed by atoms with Crippen LogP contribution < -0.4 is 15.9 Å². The Bertz CT molecular complexity index is 1310. The zero-order chi connectivity index (χ0) is 26.2. The fourth-order valence-electron chi connectivity index (χ4n) is 4.06. The Labute approximate surface area is 215 Å². The van der Waals surface area contributed by atoms with Crippen LogP contribution in [0.4, 0.5) is 11.4 Å². The molecule has 4 rings (SSSR count). The topological polar surface area (TPSA) is 115 Å². The molecule has 4 aromatic rings. The van der Waals surface area contributed by atoms with Crippen molar-refractivity contribution in [1.29, 1.82) is 0 Å². The highest BCUT2D eigenvalue weighted by Gasteiger charge is 2.25. The smallest absolute Gasteiger partial charge is 0.277 e. The molecule has 0 aliphatic heterocycles. The van der Waals surface area contributed by atoms with E-state index in [1.54, 1.807) is 0 Å². The molecule has 0 fully saturated rings. The predicted molar refractivity (Wildman–Crippen MR) is 145 cm³/mol. The molecule has 0 aromatic heterocycles. The molecule has 0 aliphatic carbocycles. The molecule has 0 saturated heterocycles. The normalized spacial score (nSPS) is 11.6. The van der Waals surface area contributed by atoms with Crippen LogP contribution in [0.5, 0.6) is 0 Å².